The average molecular weight is 690 g/mol. The maximum atomic E-state index is 13.7. The molecular weight excluding hydrogens is 648 g/mol. The molecular formula is C31H41F6N7O4. The number of likely N-dealkylation sites (N-methyl/N-ethyl adjacent to an activating group) is 1. The van der Waals surface area contributed by atoms with Gasteiger partial charge in [-0.2, -0.15) is 26.3 Å². The van der Waals surface area contributed by atoms with Crippen molar-refractivity contribution in [3.63, 3.8) is 0 Å². The molecule has 0 bridgehead atoms. The van der Waals surface area contributed by atoms with Crippen molar-refractivity contribution in [2.75, 3.05) is 44.6 Å². The van der Waals surface area contributed by atoms with E-state index in [1.807, 2.05) is 0 Å². The molecule has 0 saturated heterocycles. The predicted molar refractivity (Wildman–Crippen MR) is 166 cm³/mol. The number of carbonyl (C=O) groups excluding carboxylic acids is 4. The molecule has 0 aromatic heterocycles. The molecule has 2 aromatic rings. The Morgan fingerprint density at radius 3 is 2.00 bits per heavy atom. The number of carbonyl (C=O) groups is 4. The van der Waals surface area contributed by atoms with Crippen LogP contribution in [0.5, 0.6) is 0 Å². The average Bonchev–Trinajstić information content (AvgIpc) is 3.02. The molecule has 2 rings (SSSR count). The third-order valence-electron chi connectivity index (χ3n) is 7.21. The second-order valence-electron chi connectivity index (χ2n) is 11.2. The molecule has 0 aliphatic rings. The molecule has 0 radical (unpaired) electrons. The van der Waals surface area contributed by atoms with Crippen LogP contribution in [0.25, 0.3) is 0 Å². The summed E-state index contributed by atoms with van der Waals surface area (Å²) >= 11 is 0. The van der Waals surface area contributed by atoms with Gasteiger partial charge in [0.1, 0.15) is 12.3 Å². The normalized spacial score (nSPS) is 14.4. The second-order valence-corrected chi connectivity index (χ2v) is 11.2. The topological polar surface area (TPSA) is 172 Å². The zero-order valence-corrected chi connectivity index (χ0v) is 26.5. The van der Waals surface area contributed by atoms with Crippen LogP contribution in [0.15, 0.2) is 48.5 Å². The van der Waals surface area contributed by atoms with Gasteiger partial charge in [0.2, 0.25) is 17.7 Å². The summed E-state index contributed by atoms with van der Waals surface area (Å²) in [4.78, 5) is 53.5. The van der Waals surface area contributed by atoms with Gasteiger partial charge < -0.3 is 42.4 Å². The minimum absolute atomic E-state index is 0.102. The molecule has 0 fully saturated rings. The molecule has 3 amide bonds. The number of nitrogens with zero attached hydrogens (tertiary/aromatic N) is 1. The van der Waals surface area contributed by atoms with E-state index < -0.39 is 65.2 Å². The lowest BCUT2D eigenvalue weighted by Gasteiger charge is -2.30. The lowest BCUT2D eigenvalue weighted by Crippen LogP contribution is -2.58. The van der Waals surface area contributed by atoms with Crippen LogP contribution < -0.4 is 32.7 Å². The van der Waals surface area contributed by atoms with Crippen LogP contribution >= 0.6 is 0 Å². The molecule has 0 spiro atoms. The van der Waals surface area contributed by atoms with Gasteiger partial charge in [0, 0.05) is 44.8 Å². The van der Waals surface area contributed by atoms with Crippen LogP contribution in [0.3, 0.4) is 0 Å². The SMILES string of the molecule is CCNC(C)(C=O)CNC(CC(=O)N(CCN)CCN)C(=O)NC(Cc1ccc(C(F)(F)F)cc1)C(=O)Nc1cccc(C(F)(F)F)c1. The number of halogens is 6. The van der Waals surface area contributed by atoms with Gasteiger partial charge in [0.25, 0.3) is 0 Å². The van der Waals surface area contributed by atoms with Crippen LogP contribution in [0.2, 0.25) is 0 Å². The van der Waals surface area contributed by atoms with E-state index in [-0.39, 0.29) is 50.4 Å². The molecule has 3 atom stereocenters. The summed E-state index contributed by atoms with van der Waals surface area (Å²) in [5.41, 5.74) is 7.99. The molecule has 0 aliphatic carbocycles. The molecule has 266 valence electrons. The quantitative estimate of drug-likeness (QED) is 0.102. The van der Waals surface area contributed by atoms with Crippen LogP contribution in [0.4, 0.5) is 32.0 Å². The number of nitrogens with one attached hydrogen (secondary N) is 4. The monoisotopic (exact) mass is 689 g/mol. The Bertz CT molecular complexity index is 1370. The minimum atomic E-state index is -4.72. The Kier molecular flexibility index (Phi) is 15.0. The molecule has 48 heavy (non-hydrogen) atoms. The summed E-state index contributed by atoms with van der Waals surface area (Å²) in [7, 11) is 0. The van der Waals surface area contributed by atoms with E-state index >= 15 is 0 Å². The smallest absolute Gasteiger partial charge is 0.343 e. The first-order chi connectivity index (χ1) is 22.5. The zero-order chi connectivity index (χ0) is 36.1. The lowest BCUT2D eigenvalue weighted by atomic mass is 10.0. The Balaban J connectivity index is 2.45. The van der Waals surface area contributed by atoms with Gasteiger partial charge in [-0.3, -0.25) is 14.4 Å². The summed E-state index contributed by atoms with van der Waals surface area (Å²) in [5.74, 6) is -2.40. The van der Waals surface area contributed by atoms with Gasteiger partial charge in [-0.25, -0.2) is 0 Å². The van der Waals surface area contributed by atoms with Crippen molar-refractivity contribution >= 4 is 29.7 Å². The highest BCUT2D eigenvalue weighted by atomic mass is 19.4. The van der Waals surface area contributed by atoms with E-state index in [2.05, 4.69) is 21.3 Å². The maximum absolute atomic E-state index is 13.7. The highest BCUT2D eigenvalue weighted by Gasteiger charge is 2.34. The summed E-state index contributed by atoms with van der Waals surface area (Å²) < 4.78 is 79.3. The number of benzene rings is 2. The lowest BCUT2D eigenvalue weighted by molar-refractivity contribution is -0.138. The van der Waals surface area contributed by atoms with E-state index in [4.69, 9.17) is 11.5 Å². The van der Waals surface area contributed by atoms with E-state index in [1.54, 1.807) is 13.8 Å². The van der Waals surface area contributed by atoms with Crippen molar-refractivity contribution in [2.45, 2.75) is 56.7 Å². The van der Waals surface area contributed by atoms with Gasteiger partial charge in [-0.15, -0.1) is 0 Å². The van der Waals surface area contributed by atoms with E-state index in [1.165, 1.54) is 11.0 Å². The molecule has 8 N–H and O–H groups in total. The summed E-state index contributed by atoms with van der Waals surface area (Å²) in [5, 5.41) is 10.6. The van der Waals surface area contributed by atoms with Crippen LogP contribution in [-0.4, -0.2) is 85.8 Å². The van der Waals surface area contributed by atoms with E-state index in [9.17, 15) is 45.5 Å². The number of rotatable bonds is 18. The summed E-state index contributed by atoms with van der Waals surface area (Å²) in [6.45, 7) is 4.02. The number of aldehydes is 1. The first-order valence-electron chi connectivity index (χ1n) is 15.0. The van der Waals surface area contributed by atoms with Gasteiger partial charge in [-0.05, 0) is 49.4 Å². The first-order valence-corrected chi connectivity index (χ1v) is 15.0. The van der Waals surface area contributed by atoms with Gasteiger partial charge >= 0.3 is 12.4 Å². The first kappa shape index (κ1) is 40.1. The molecule has 3 unspecified atom stereocenters. The second kappa shape index (κ2) is 17.9. The standard InChI is InChI=1S/C31H41F6N7O4/c1-3-41-29(2,19-45)18-40-24(17-26(46)44(13-11-38)14-12-39)27(47)43-25(15-20-7-9-21(10-8-20)30(32,33)34)28(48)42-23-6-4-5-22(16-23)31(35,36)37/h4-10,16,19,24-25,40-41H,3,11-15,17-18,38-39H2,1-2H3,(H,42,48)(H,43,47). The van der Waals surface area contributed by atoms with E-state index in [0.29, 0.717) is 18.9 Å². The highest BCUT2D eigenvalue weighted by Crippen LogP contribution is 2.31. The zero-order valence-electron chi connectivity index (χ0n) is 26.5. The Morgan fingerprint density at radius 2 is 1.48 bits per heavy atom. The van der Waals surface area contributed by atoms with Crippen LogP contribution in [0.1, 0.15) is 37.0 Å². The Morgan fingerprint density at radius 1 is 0.875 bits per heavy atom. The number of nitrogens with two attached hydrogens (primary N) is 2. The maximum Gasteiger partial charge on any atom is 0.416 e. The Labute approximate surface area is 274 Å². The summed E-state index contributed by atoms with van der Waals surface area (Å²) in [6.07, 6.45) is -9.57. The summed E-state index contributed by atoms with van der Waals surface area (Å²) in [6, 6.07) is 4.63. The molecule has 0 heterocycles. The van der Waals surface area contributed by atoms with Crippen molar-refractivity contribution in [1.29, 1.82) is 0 Å². The number of anilines is 1. The molecule has 0 saturated carbocycles. The Hall–Kier alpha value is -4.06. The predicted octanol–water partition coefficient (Wildman–Crippen LogP) is 2.05. The van der Waals surface area contributed by atoms with Crippen molar-refractivity contribution in [2.24, 2.45) is 11.5 Å². The van der Waals surface area contributed by atoms with E-state index in [0.717, 1.165) is 36.4 Å². The number of alkyl halides is 6. The van der Waals surface area contributed by atoms with Crippen LogP contribution in [0, 0.1) is 0 Å². The van der Waals surface area contributed by atoms with Gasteiger partial charge in [0.15, 0.2) is 0 Å². The third kappa shape index (κ3) is 12.5. The highest BCUT2D eigenvalue weighted by molar-refractivity contribution is 5.98. The molecule has 11 nitrogen and oxygen atoms in total. The fourth-order valence-corrected chi connectivity index (χ4v) is 4.67. The molecule has 2 aromatic carbocycles. The van der Waals surface area contributed by atoms with Crippen molar-refractivity contribution in [3.05, 3.63) is 65.2 Å². The minimum Gasteiger partial charge on any atom is -0.343 e. The van der Waals surface area contributed by atoms with Crippen molar-refractivity contribution in [3.8, 4) is 0 Å². The largest absolute Gasteiger partial charge is 0.416 e. The van der Waals surface area contributed by atoms with Gasteiger partial charge in [0.05, 0.1) is 29.1 Å². The fourth-order valence-electron chi connectivity index (χ4n) is 4.67. The van der Waals surface area contributed by atoms with Crippen molar-refractivity contribution < 1.29 is 45.5 Å². The fraction of sp³-hybridized carbons (Fsp3) is 0.484. The number of hydrogen-bond donors (Lipinski definition) is 6. The molecule has 17 heteroatoms. The molecule has 0 aliphatic heterocycles. The van der Waals surface area contributed by atoms with Crippen molar-refractivity contribution in [1.82, 2.24) is 20.9 Å². The van der Waals surface area contributed by atoms with Crippen LogP contribution in [-0.2, 0) is 38.0 Å². The van der Waals surface area contributed by atoms with Gasteiger partial charge in [-0.1, -0.05) is 25.1 Å². The number of hydrogen-bond acceptors (Lipinski definition) is 8. The third-order valence-corrected chi connectivity index (χ3v) is 7.21. The number of amides is 3.